The standard InChI is InChI=1S/C18H22Cl2N2O3/c1-4-22(5-2)9-11-25-21-12-16-13(8-10-24-16)14-6-7-15(23-3)18(20)17(14)19/h6-8,10,12H,4-5,9,11H2,1-3H3. The Bertz CT molecular complexity index is 712. The van der Waals surface area contributed by atoms with Gasteiger partial charge in [-0.3, -0.25) is 0 Å². The molecule has 25 heavy (non-hydrogen) atoms. The zero-order valence-corrected chi connectivity index (χ0v) is 16.1. The van der Waals surface area contributed by atoms with Gasteiger partial charge in [0.1, 0.15) is 23.6 Å². The first-order valence-corrected chi connectivity index (χ1v) is 8.85. The summed E-state index contributed by atoms with van der Waals surface area (Å²) in [4.78, 5) is 7.57. The largest absolute Gasteiger partial charge is 0.495 e. The normalized spacial score (nSPS) is 11.4. The minimum Gasteiger partial charge on any atom is -0.495 e. The zero-order chi connectivity index (χ0) is 18.2. The number of ether oxygens (including phenoxy) is 1. The lowest BCUT2D eigenvalue weighted by Gasteiger charge is -2.16. The molecule has 0 aliphatic heterocycles. The highest BCUT2D eigenvalue weighted by Crippen LogP contribution is 2.40. The van der Waals surface area contributed by atoms with E-state index in [0.717, 1.165) is 30.8 Å². The molecule has 0 aliphatic carbocycles. The van der Waals surface area contributed by atoms with E-state index >= 15 is 0 Å². The number of likely N-dealkylation sites (N-methyl/N-ethyl adjacent to an activating group) is 1. The van der Waals surface area contributed by atoms with Crippen LogP contribution in [0.25, 0.3) is 11.1 Å². The molecule has 1 heterocycles. The molecule has 0 fully saturated rings. The van der Waals surface area contributed by atoms with Crippen molar-refractivity contribution >= 4 is 29.4 Å². The van der Waals surface area contributed by atoms with Crippen molar-refractivity contribution in [1.29, 1.82) is 0 Å². The van der Waals surface area contributed by atoms with Gasteiger partial charge in [-0.1, -0.05) is 42.2 Å². The van der Waals surface area contributed by atoms with Crippen LogP contribution in [0.2, 0.25) is 10.0 Å². The van der Waals surface area contributed by atoms with Crippen LogP contribution in [-0.4, -0.2) is 44.5 Å². The molecule has 2 rings (SSSR count). The molecule has 0 unspecified atom stereocenters. The van der Waals surface area contributed by atoms with Crippen LogP contribution in [0, 0.1) is 0 Å². The smallest absolute Gasteiger partial charge is 0.156 e. The third-order valence-corrected chi connectivity index (χ3v) is 4.75. The number of nitrogens with zero attached hydrogens (tertiary/aromatic N) is 2. The topological polar surface area (TPSA) is 47.2 Å². The van der Waals surface area contributed by atoms with Crippen LogP contribution in [0.3, 0.4) is 0 Å². The van der Waals surface area contributed by atoms with Crippen molar-refractivity contribution in [2.75, 3.05) is 33.4 Å². The van der Waals surface area contributed by atoms with E-state index in [1.165, 1.54) is 6.21 Å². The van der Waals surface area contributed by atoms with E-state index in [2.05, 4.69) is 23.9 Å². The molecule has 0 saturated heterocycles. The maximum atomic E-state index is 6.36. The fourth-order valence-corrected chi connectivity index (χ4v) is 2.89. The van der Waals surface area contributed by atoms with Gasteiger partial charge < -0.3 is 18.9 Å². The minimum atomic E-state index is 0.362. The maximum absolute atomic E-state index is 6.36. The Balaban J connectivity index is 2.08. The summed E-state index contributed by atoms with van der Waals surface area (Å²) in [7, 11) is 1.54. The van der Waals surface area contributed by atoms with Crippen molar-refractivity contribution in [3.8, 4) is 16.9 Å². The predicted molar refractivity (Wildman–Crippen MR) is 102 cm³/mol. The van der Waals surface area contributed by atoms with E-state index in [9.17, 15) is 0 Å². The summed E-state index contributed by atoms with van der Waals surface area (Å²) in [5.41, 5.74) is 1.52. The van der Waals surface area contributed by atoms with Gasteiger partial charge in [0.2, 0.25) is 0 Å². The van der Waals surface area contributed by atoms with Gasteiger partial charge in [-0.25, -0.2) is 0 Å². The molecular formula is C18H22Cl2N2O3. The molecule has 136 valence electrons. The van der Waals surface area contributed by atoms with Gasteiger partial charge in [-0.2, -0.15) is 0 Å². The zero-order valence-electron chi connectivity index (χ0n) is 14.6. The van der Waals surface area contributed by atoms with E-state index in [-0.39, 0.29) is 0 Å². The van der Waals surface area contributed by atoms with Crippen molar-refractivity contribution in [3.63, 3.8) is 0 Å². The Morgan fingerprint density at radius 3 is 2.56 bits per heavy atom. The number of hydrogen-bond donors (Lipinski definition) is 0. The SMILES string of the molecule is CCN(CC)CCON=Cc1occc1-c1ccc(OC)c(Cl)c1Cl. The van der Waals surface area contributed by atoms with Gasteiger partial charge >= 0.3 is 0 Å². The Labute approximate surface area is 158 Å². The van der Waals surface area contributed by atoms with Crippen LogP contribution in [-0.2, 0) is 4.84 Å². The van der Waals surface area contributed by atoms with Crippen LogP contribution in [0.15, 0.2) is 34.0 Å². The molecule has 0 N–H and O–H groups in total. The van der Waals surface area contributed by atoms with Crippen molar-refractivity contribution in [3.05, 3.63) is 40.3 Å². The van der Waals surface area contributed by atoms with E-state index in [1.807, 2.05) is 6.07 Å². The van der Waals surface area contributed by atoms with E-state index in [4.69, 9.17) is 37.2 Å². The molecule has 0 amide bonds. The van der Waals surface area contributed by atoms with Crippen LogP contribution >= 0.6 is 23.2 Å². The summed E-state index contributed by atoms with van der Waals surface area (Å²) >= 11 is 12.6. The summed E-state index contributed by atoms with van der Waals surface area (Å²) in [5.74, 6) is 1.07. The predicted octanol–water partition coefficient (Wildman–Crippen LogP) is 4.95. The third-order valence-electron chi connectivity index (χ3n) is 3.89. The number of oxime groups is 1. The van der Waals surface area contributed by atoms with Crippen molar-refractivity contribution in [2.45, 2.75) is 13.8 Å². The summed E-state index contributed by atoms with van der Waals surface area (Å²) in [6, 6.07) is 5.40. The molecule has 0 aliphatic rings. The second-order valence-corrected chi connectivity index (χ2v) is 5.99. The molecule has 7 heteroatoms. The monoisotopic (exact) mass is 384 g/mol. The minimum absolute atomic E-state index is 0.362. The fourth-order valence-electron chi connectivity index (χ4n) is 2.39. The Morgan fingerprint density at radius 2 is 1.88 bits per heavy atom. The molecule has 0 atom stereocenters. The van der Waals surface area contributed by atoms with Gasteiger partial charge in [-0.15, -0.1) is 0 Å². The first-order valence-electron chi connectivity index (χ1n) is 8.09. The number of halogens is 2. The second-order valence-electron chi connectivity index (χ2n) is 5.24. The molecule has 1 aromatic carbocycles. The van der Waals surface area contributed by atoms with Gasteiger partial charge in [0.05, 0.1) is 18.4 Å². The number of hydrogen-bond acceptors (Lipinski definition) is 5. The highest BCUT2D eigenvalue weighted by Gasteiger charge is 2.15. The van der Waals surface area contributed by atoms with Crippen LogP contribution in [0.1, 0.15) is 19.6 Å². The molecule has 5 nitrogen and oxygen atoms in total. The maximum Gasteiger partial charge on any atom is 0.156 e. The van der Waals surface area contributed by atoms with Crippen LogP contribution in [0.5, 0.6) is 5.75 Å². The van der Waals surface area contributed by atoms with Crippen molar-refractivity contribution in [1.82, 2.24) is 4.90 Å². The lowest BCUT2D eigenvalue weighted by Crippen LogP contribution is -2.26. The van der Waals surface area contributed by atoms with Crippen LogP contribution in [0.4, 0.5) is 0 Å². The number of furan rings is 1. The average Bonchev–Trinajstić information content (AvgIpc) is 3.08. The van der Waals surface area contributed by atoms with Gasteiger partial charge in [0.25, 0.3) is 0 Å². The Morgan fingerprint density at radius 1 is 1.12 bits per heavy atom. The summed E-state index contributed by atoms with van der Waals surface area (Å²) in [6.07, 6.45) is 3.10. The number of methoxy groups -OCH3 is 1. The number of benzene rings is 1. The van der Waals surface area contributed by atoms with Crippen LogP contribution < -0.4 is 4.74 Å². The fraction of sp³-hybridized carbons (Fsp3) is 0.389. The summed E-state index contributed by atoms with van der Waals surface area (Å²) < 4.78 is 10.6. The quantitative estimate of drug-likeness (QED) is 0.348. The average molecular weight is 385 g/mol. The molecular weight excluding hydrogens is 363 g/mol. The number of rotatable bonds is 9. The molecule has 0 spiro atoms. The van der Waals surface area contributed by atoms with Crippen molar-refractivity contribution < 1.29 is 14.0 Å². The first-order chi connectivity index (χ1) is 12.1. The Kier molecular flexibility index (Phi) is 7.62. The lowest BCUT2D eigenvalue weighted by atomic mass is 10.1. The van der Waals surface area contributed by atoms with E-state index in [1.54, 1.807) is 25.5 Å². The van der Waals surface area contributed by atoms with E-state index in [0.29, 0.717) is 28.2 Å². The summed E-state index contributed by atoms with van der Waals surface area (Å²) in [5, 5.41) is 4.74. The molecule has 2 aromatic rings. The highest BCUT2D eigenvalue weighted by atomic mass is 35.5. The third kappa shape index (κ3) is 4.91. The van der Waals surface area contributed by atoms with Gasteiger partial charge in [0.15, 0.2) is 5.76 Å². The van der Waals surface area contributed by atoms with Crippen molar-refractivity contribution in [2.24, 2.45) is 5.16 Å². The molecule has 0 saturated carbocycles. The van der Waals surface area contributed by atoms with Gasteiger partial charge in [-0.05, 0) is 31.3 Å². The molecule has 1 aromatic heterocycles. The van der Waals surface area contributed by atoms with Gasteiger partial charge in [0, 0.05) is 17.7 Å². The first kappa shape index (κ1) is 19.6. The molecule has 0 bridgehead atoms. The summed E-state index contributed by atoms with van der Waals surface area (Å²) in [6.45, 7) is 7.56. The Hall–Kier alpha value is -1.69. The highest BCUT2D eigenvalue weighted by molar-refractivity contribution is 6.44. The lowest BCUT2D eigenvalue weighted by molar-refractivity contribution is 0.115. The second kappa shape index (κ2) is 9.70. The molecule has 0 radical (unpaired) electrons. The van der Waals surface area contributed by atoms with E-state index < -0.39 is 0 Å².